The molecule has 0 aromatic heterocycles. The van der Waals surface area contributed by atoms with Crippen molar-refractivity contribution < 1.29 is 21.6 Å². The molecule has 0 radical (unpaired) electrons. The monoisotopic (exact) mass is 505 g/mol. The molecule has 1 amide bonds. The minimum Gasteiger partial charge on any atom is -0.325 e. The number of sulfonamides is 2. The second kappa shape index (κ2) is 10.2. The van der Waals surface area contributed by atoms with Gasteiger partial charge in [-0.05, 0) is 68.5 Å². The van der Waals surface area contributed by atoms with Gasteiger partial charge in [-0.1, -0.05) is 31.5 Å². The smallest absolute Gasteiger partial charge is 0.243 e. The standard InChI is InChI=1S/C24H31N3O5S2/c1-2-20-10-6-7-17-26(20)33(29,30)22-13-15-23(16-14-22)34(31,32)27(21-11-12-21)18-24(28)25-19-8-4-3-5-9-19/h3-5,8-9,13-16,20-21H,2,6-7,10-12,17-18H2,1H3,(H,25,28)/t20-/m0/s1. The molecule has 1 atom stereocenters. The summed E-state index contributed by atoms with van der Waals surface area (Å²) in [5.41, 5.74) is 0.596. The molecule has 4 rings (SSSR count). The van der Waals surface area contributed by atoms with Crippen molar-refractivity contribution in [2.75, 3.05) is 18.4 Å². The van der Waals surface area contributed by atoms with E-state index < -0.39 is 26.0 Å². The van der Waals surface area contributed by atoms with Crippen molar-refractivity contribution in [1.29, 1.82) is 0 Å². The fourth-order valence-electron chi connectivity index (χ4n) is 4.39. The maximum Gasteiger partial charge on any atom is 0.243 e. The Bertz CT molecular complexity index is 1210. The van der Waals surface area contributed by atoms with Gasteiger partial charge in [-0.25, -0.2) is 16.8 Å². The third-order valence-electron chi connectivity index (χ3n) is 6.39. The molecular formula is C24H31N3O5S2. The molecule has 10 heteroatoms. The van der Waals surface area contributed by atoms with Crippen molar-refractivity contribution >= 4 is 31.6 Å². The Kier molecular flexibility index (Phi) is 7.42. The van der Waals surface area contributed by atoms with Crippen molar-refractivity contribution in [3.63, 3.8) is 0 Å². The minimum atomic E-state index is -3.96. The lowest BCUT2D eigenvalue weighted by atomic mass is 10.0. The normalized spacial score (nSPS) is 19.8. The van der Waals surface area contributed by atoms with E-state index in [0.29, 0.717) is 25.1 Å². The van der Waals surface area contributed by atoms with E-state index in [1.807, 2.05) is 13.0 Å². The summed E-state index contributed by atoms with van der Waals surface area (Å²) in [7, 11) is -7.67. The molecule has 184 valence electrons. The van der Waals surface area contributed by atoms with Crippen molar-refractivity contribution in [2.45, 2.75) is 67.3 Å². The largest absolute Gasteiger partial charge is 0.325 e. The highest BCUT2D eigenvalue weighted by atomic mass is 32.2. The highest BCUT2D eigenvalue weighted by Crippen LogP contribution is 2.33. The van der Waals surface area contributed by atoms with E-state index >= 15 is 0 Å². The SMILES string of the molecule is CC[C@H]1CCCCN1S(=O)(=O)c1ccc(S(=O)(=O)N(CC(=O)Nc2ccccc2)C2CC2)cc1. The highest BCUT2D eigenvalue weighted by Gasteiger charge is 2.39. The van der Waals surface area contributed by atoms with Gasteiger partial charge in [0.05, 0.1) is 16.3 Å². The lowest BCUT2D eigenvalue weighted by molar-refractivity contribution is -0.116. The molecular weight excluding hydrogens is 474 g/mol. The molecule has 1 heterocycles. The molecule has 2 aromatic carbocycles. The highest BCUT2D eigenvalue weighted by molar-refractivity contribution is 7.89. The number of benzene rings is 2. The van der Waals surface area contributed by atoms with E-state index in [9.17, 15) is 21.6 Å². The Morgan fingerprint density at radius 3 is 2.21 bits per heavy atom. The molecule has 1 saturated carbocycles. The first-order valence-electron chi connectivity index (χ1n) is 11.7. The number of rotatable bonds is 9. The van der Waals surface area contributed by atoms with Crippen LogP contribution < -0.4 is 5.32 Å². The number of carbonyl (C=O) groups excluding carboxylic acids is 1. The van der Waals surface area contributed by atoms with Gasteiger partial charge in [0.2, 0.25) is 26.0 Å². The number of hydrogen-bond acceptors (Lipinski definition) is 5. The Morgan fingerprint density at radius 1 is 0.941 bits per heavy atom. The fourth-order valence-corrected chi connectivity index (χ4v) is 7.80. The predicted molar refractivity (Wildman–Crippen MR) is 130 cm³/mol. The van der Waals surface area contributed by atoms with Gasteiger partial charge in [0.1, 0.15) is 0 Å². The number of para-hydroxylation sites is 1. The maximum atomic E-state index is 13.3. The van der Waals surface area contributed by atoms with Crippen LogP contribution in [0.25, 0.3) is 0 Å². The summed E-state index contributed by atoms with van der Waals surface area (Å²) >= 11 is 0. The number of carbonyl (C=O) groups is 1. The van der Waals surface area contributed by atoms with Crippen LogP contribution in [-0.4, -0.2) is 56.5 Å². The van der Waals surface area contributed by atoms with Gasteiger partial charge in [-0.15, -0.1) is 0 Å². The summed E-state index contributed by atoms with van der Waals surface area (Å²) in [5, 5.41) is 2.72. The van der Waals surface area contributed by atoms with Gasteiger partial charge in [-0.3, -0.25) is 4.79 Å². The van der Waals surface area contributed by atoms with Gasteiger partial charge in [0, 0.05) is 24.3 Å². The second-order valence-electron chi connectivity index (χ2n) is 8.84. The van der Waals surface area contributed by atoms with Crippen LogP contribution in [0.3, 0.4) is 0 Å². The Labute approximate surface area is 202 Å². The Morgan fingerprint density at radius 2 is 1.59 bits per heavy atom. The first-order valence-corrected chi connectivity index (χ1v) is 14.6. The van der Waals surface area contributed by atoms with Crippen LogP contribution >= 0.6 is 0 Å². The number of anilines is 1. The van der Waals surface area contributed by atoms with Gasteiger partial charge in [0.25, 0.3) is 0 Å². The second-order valence-corrected chi connectivity index (χ2v) is 12.6. The molecule has 1 aliphatic heterocycles. The third-order valence-corrected chi connectivity index (χ3v) is 10.3. The zero-order chi connectivity index (χ0) is 24.3. The first-order chi connectivity index (χ1) is 16.2. The number of piperidine rings is 1. The van der Waals surface area contributed by atoms with Crippen LogP contribution in [0, 0.1) is 0 Å². The van der Waals surface area contributed by atoms with E-state index in [2.05, 4.69) is 5.32 Å². The summed E-state index contributed by atoms with van der Waals surface area (Å²) in [6.45, 7) is 2.16. The molecule has 1 saturated heterocycles. The van der Waals surface area contributed by atoms with Gasteiger partial charge >= 0.3 is 0 Å². The van der Waals surface area contributed by atoms with Gasteiger partial charge in [0.15, 0.2) is 0 Å². The average molecular weight is 506 g/mol. The number of amides is 1. The molecule has 8 nitrogen and oxygen atoms in total. The van der Waals surface area contributed by atoms with Crippen molar-refractivity contribution in [2.24, 2.45) is 0 Å². The van der Waals surface area contributed by atoms with Crippen LogP contribution in [0.1, 0.15) is 45.4 Å². The van der Waals surface area contributed by atoms with Crippen LogP contribution in [-0.2, 0) is 24.8 Å². The van der Waals surface area contributed by atoms with Crippen LogP contribution in [0.15, 0.2) is 64.4 Å². The van der Waals surface area contributed by atoms with Crippen LogP contribution in [0.5, 0.6) is 0 Å². The minimum absolute atomic E-state index is 0.0171. The van der Waals surface area contributed by atoms with Crippen LogP contribution in [0.2, 0.25) is 0 Å². The first kappa shape index (κ1) is 24.8. The van der Waals surface area contributed by atoms with E-state index in [4.69, 9.17) is 0 Å². The van der Waals surface area contributed by atoms with Gasteiger partial charge in [-0.2, -0.15) is 8.61 Å². The van der Waals surface area contributed by atoms with E-state index in [0.717, 1.165) is 25.7 Å². The molecule has 0 bridgehead atoms. The van der Waals surface area contributed by atoms with E-state index in [1.54, 1.807) is 28.6 Å². The van der Waals surface area contributed by atoms with Crippen molar-refractivity contribution in [3.05, 3.63) is 54.6 Å². The van der Waals surface area contributed by atoms with Crippen molar-refractivity contribution in [3.8, 4) is 0 Å². The Hall–Kier alpha value is -2.27. The maximum absolute atomic E-state index is 13.3. The molecule has 1 N–H and O–H groups in total. The zero-order valence-electron chi connectivity index (χ0n) is 19.3. The summed E-state index contributed by atoms with van der Waals surface area (Å²) in [6.07, 6.45) is 4.80. The molecule has 0 spiro atoms. The predicted octanol–water partition coefficient (Wildman–Crippen LogP) is 3.43. The zero-order valence-corrected chi connectivity index (χ0v) is 20.9. The number of nitrogens with one attached hydrogen (secondary N) is 1. The summed E-state index contributed by atoms with van der Waals surface area (Å²) in [4.78, 5) is 12.6. The fraction of sp³-hybridized carbons (Fsp3) is 0.458. The third kappa shape index (κ3) is 5.35. The lowest BCUT2D eigenvalue weighted by Crippen LogP contribution is -2.43. The number of nitrogens with zero attached hydrogens (tertiary/aromatic N) is 2. The quantitative estimate of drug-likeness (QED) is 0.562. The summed E-state index contributed by atoms with van der Waals surface area (Å²) in [5.74, 6) is -0.420. The Balaban J connectivity index is 1.52. The summed E-state index contributed by atoms with van der Waals surface area (Å²) < 4.78 is 55.9. The average Bonchev–Trinajstić information content (AvgIpc) is 3.68. The van der Waals surface area contributed by atoms with E-state index in [1.165, 1.54) is 28.6 Å². The topological polar surface area (TPSA) is 104 Å². The lowest BCUT2D eigenvalue weighted by Gasteiger charge is -2.34. The summed E-state index contributed by atoms with van der Waals surface area (Å²) in [6, 6.07) is 14.0. The molecule has 0 unspecified atom stereocenters. The van der Waals surface area contributed by atoms with Crippen LogP contribution in [0.4, 0.5) is 5.69 Å². The molecule has 34 heavy (non-hydrogen) atoms. The molecule has 1 aliphatic carbocycles. The molecule has 2 aromatic rings. The molecule has 2 aliphatic rings. The molecule has 2 fully saturated rings. The van der Waals surface area contributed by atoms with Gasteiger partial charge < -0.3 is 5.32 Å². The van der Waals surface area contributed by atoms with E-state index in [-0.39, 0.29) is 28.4 Å². The number of hydrogen-bond donors (Lipinski definition) is 1. The van der Waals surface area contributed by atoms with Crippen molar-refractivity contribution in [1.82, 2.24) is 8.61 Å².